The van der Waals surface area contributed by atoms with Crippen molar-refractivity contribution < 1.29 is 33.4 Å². The number of carbonyl (C=O) groups excluding carboxylic acids is 1. The first-order valence-electron chi connectivity index (χ1n) is 16.0. The van der Waals surface area contributed by atoms with Crippen LogP contribution < -0.4 is 23.7 Å². The zero-order valence-corrected chi connectivity index (χ0v) is 28.1. The molecule has 0 radical (unpaired) electrons. The number of nitrogens with zero attached hydrogens (tertiary/aromatic N) is 3. The van der Waals surface area contributed by atoms with Crippen molar-refractivity contribution in [2.45, 2.75) is 65.8 Å². The van der Waals surface area contributed by atoms with Crippen LogP contribution in [0.3, 0.4) is 0 Å². The van der Waals surface area contributed by atoms with Crippen molar-refractivity contribution in [2.24, 2.45) is 10.4 Å². The molecule has 0 aromatic heterocycles. The first-order chi connectivity index (χ1) is 22.6. The zero-order chi connectivity index (χ0) is 34.0. The van der Waals surface area contributed by atoms with Gasteiger partial charge in [-0.15, -0.1) is 0 Å². The number of nitro benzene ring substituents is 1. The van der Waals surface area contributed by atoms with Crippen LogP contribution in [0.4, 0.5) is 11.4 Å². The zero-order valence-electron chi connectivity index (χ0n) is 28.1. The van der Waals surface area contributed by atoms with Gasteiger partial charge in [-0.2, -0.15) is 0 Å². The highest BCUT2D eigenvalue weighted by molar-refractivity contribution is 6.03. The molecule has 1 unspecified atom stereocenters. The largest absolute Gasteiger partial charge is 0.497 e. The van der Waals surface area contributed by atoms with E-state index in [0.29, 0.717) is 53.2 Å². The Bertz CT molecular complexity index is 1550. The average Bonchev–Trinajstić information content (AvgIpc) is 3.50. The molecule has 2 heterocycles. The Morgan fingerprint density at radius 1 is 0.915 bits per heavy atom. The van der Waals surface area contributed by atoms with Crippen LogP contribution in [0.5, 0.6) is 34.5 Å². The van der Waals surface area contributed by atoms with Crippen LogP contribution in [0.15, 0.2) is 59.6 Å². The Balaban J connectivity index is 0.000000217. The second kappa shape index (κ2) is 16.2. The summed E-state index contributed by atoms with van der Waals surface area (Å²) in [5.74, 6) is 3.07. The third-order valence-corrected chi connectivity index (χ3v) is 7.89. The minimum atomic E-state index is -0.469. The second-order valence-corrected chi connectivity index (χ2v) is 12.2. The number of fused-ring (bicyclic) bond motifs is 2. The monoisotopic (exact) mass is 647 g/mol. The quantitative estimate of drug-likeness (QED) is 0.134. The summed E-state index contributed by atoms with van der Waals surface area (Å²) in [7, 11) is 3.16. The minimum absolute atomic E-state index is 0.0157. The lowest BCUT2D eigenvalue weighted by Gasteiger charge is -2.24. The van der Waals surface area contributed by atoms with E-state index in [2.05, 4.69) is 25.8 Å². The Kier molecular flexibility index (Phi) is 12.1. The average molecular weight is 648 g/mol. The number of benzene rings is 3. The van der Waals surface area contributed by atoms with Gasteiger partial charge in [-0.1, -0.05) is 34.1 Å². The first-order valence-corrected chi connectivity index (χ1v) is 16.0. The Morgan fingerprint density at radius 2 is 1.64 bits per heavy atom. The van der Waals surface area contributed by atoms with E-state index in [0.717, 1.165) is 38.6 Å². The van der Waals surface area contributed by atoms with Gasteiger partial charge in [0.1, 0.15) is 17.2 Å². The van der Waals surface area contributed by atoms with Crippen molar-refractivity contribution in [3.63, 3.8) is 0 Å². The van der Waals surface area contributed by atoms with Crippen molar-refractivity contribution in [3.8, 4) is 34.5 Å². The van der Waals surface area contributed by atoms with E-state index in [-0.39, 0.29) is 28.8 Å². The van der Waals surface area contributed by atoms with Crippen LogP contribution in [0.2, 0.25) is 0 Å². The number of hydrogen-bond donors (Lipinski definition) is 0. The van der Waals surface area contributed by atoms with E-state index in [1.54, 1.807) is 62.8 Å². The molecule has 3 aromatic rings. The highest BCUT2D eigenvalue weighted by Crippen LogP contribution is 2.38. The van der Waals surface area contributed by atoms with Crippen molar-refractivity contribution in [3.05, 3.63) is 70.3 Å². The van der Waals surface area contributed by atoms with Gasteiger partial charge in [0, 0.05) is 18.8 Å². The molecule has 2 aliphatic rings. The molecule has 1 amide bonds. The summed E-state index contributed by atoms with van der Waals surface area (Å²) in [5, 5.41) is 11.4. The summed E-state index contributed by atoms with van der Waals surface area (Å²) >= 11 is 0. The summed E-state index contributed by atoms with van der Waals surface area (Å²) in [6.07, 6.45) is 6.90. The van der Waals surface area contributed by atoms with Gasteiger partial charge in [0.15, 0.2) is 11.5 Å². The fourth-order valence-corrected chi connectivity index (χ4v) is 5.45. The van der Waals surface area contributed by atoms with Crippen molar-refractivity contribution in [1.29, 1.82) is 0 Å². The van der Waals surface area contributed by atoms with E-state index >= 15 is 0 Å². The molecule has 1 fully saturated rings. The summed E-state index contributed by atoms with van der Waals surface area (Å²) in [6.45, 7) is 10.3. The van der Waals surface area contributed by atoms with E-state index < -0.39 is 4.92 Å². The van der Waals surface area contributed by atoms with Crippen LogP contribution in [-0.4, -0.2) is 62.0 Å². The minimum Gasteiger partial charge on any atom is -0.497 e. The molecule has 0 N–H and O–H groups in total. The SMILES string of the molecule is CCCC(C)(C)COc1ccc(Oc2ccc(OC)cc2)c([N+](=O)[O-])c1.CCCOc1cc2c(cc1OC)C(=O)N1CCCC1C=N2. The molecule has 0 bridgehead atoms. The molecule has 3 aromatic carbocycles. The lowest BCUT2D eigenvalue weighted by atomic mass is 9.89. The van der Waals surface area contributed by atoms with E-state index in [1.165, 1.54) is 6.07 Å². The number of rotatable bonds is 13. The number of hydrogen-bond acceptors (Lipinski definition) is 9. The summed E-state index contributed by atoms with van der Waals surface area (Å²) in [6, 6.07) is 15.2. The number of ether oxygens (including phenoxy) is 5. The van der Waals surface area contributed by atoms with E-state index in [4.69, 9.17) is 23.7 Å². The van der Waals surface area contributed by atoms with E-state index in [9.17, 15) is 14.9 Å². The van der Waals surface area contributed by atoms with Crippen LogP contribution in [0.1, 0.15) is 70.2 Å². The molecule has 47 heavy (non-hydrogen) atoms. The third kappa shape index (κ3) is 9.15. The molecule has 11 nitrogen and oxygen atoms in total. The van der Waals surface area contributed by atoms with Gasteiger partial charge < -0.3 is 28.6 Å². The molecule has 5 rings (SSSR count). The fraction of sp³-hybridized carbons (Fsp3) is 0.444. The molecule has 2 aliphatic heterocycles. The van der Waals surface area contributed by atoms with Crippen LogP contribution >= 0.6 is 0 Å². The normalized spacial score (nSPS) is 15.1. The van der Waals surface area contributed by atoms with Gasteiger partial charge in [0.05, 0.1) is 55.7 Å². The molecule has 0 aliphatic carbocycles. The maximum Gasteiger partial charge on any atom is 0.315 e. The number of aliphatic imine (C=N–C) groups is 1. The van der Waals surface area contributed by atoms with Crippen LogP contribution in [0.25, 0.3) is 0 Å². The highest BCUT2D eigenvalue weighted by atomic mass is 16.6. The maximum absolute atomic E-state index is 12.7. The Labute approximate surface area is 276 Å². The lowest BCUT2D eigenvalue weighted by molar-refractivity contribution is -0.385. The maximum atomic E-state index is 12.7. The van der Waals surface area contributed by atoms with Crippen molar-refractivity contribution in [2.75, 3.05) is 34.0 Å². The topological polar surface area (TPSA) is 122 Å². The molecule has 11 heteroatoms. The predicted molar refractivity (Wildman–Crippen MR) is 181 cm³/mol. The van der Waals surface area contributed by atoms with E-state index in [1.807, 2.05) is 18.0 Å². The summed E-state index contributed by atoms with van der Waals surface area (Å²) < 4.78 is 27.6. The molecule has 0 saturated carbocycles. The molecule has 1 saturated heterocycles. The molecular weight excluding hydrogens is 602 g/mol. The Morgan fingerprint density at radius 3 is 2.30 bits per heavy atom. The fourth-order valence-electron chi connectivity index (χ4n) is 5.45. The smallest absolute Gasteiger partial charge is 0.315 e. The number of amides is 1. The van der Waals surface area contributed by atoms with Crippen molar-refractivity contribution in [1.82, 2.24) is 4.90 Å². The second-order valence-electron chi connectivity index (χ2n) is 12.2. The standard InChI is InChI=1S/C20H25NO5.C16H20N2O3/c1-5-12-20(2,3)14-25-17-10-11-19(18(13-17)21(22)23)26-16-8-6-15(24-4)7-9-16;1-3-7-21-15-9-13-12(8-14(15)20-2)16(19)18-6-4-5-11(18)10-17-13/h6-11,13H,5,12,14H2,1-4H3;8-11H,3-7H2,1-2H3. The molecular formula is C36H45N3O8. The Hall–Kier alpha value is -4.80. The van der Waals surface area contributed by atoms with Gasteiger partial charge >= 0.3 is 5.69 Å². The van der Waals surface area contributed by atoms with Crippen molar-refractivity contribution >= 4 is 23.5 Å². The summed E-state index contributed by atoms with van der Waals surface area (Å²) in [5.41, 5.74) is 1.14. The highest BCUT2D eigenvalue weighted by Gasteiger charge is 2.32. The molecule has 0 spiro atoms. The van der Waals surface area contributed by atoms with Crippen LogP contribution in [-0.2, 0) is 0 Å². The van der Waals surface area contributed by atoms with Gasteiger partial charge in [-0.3, -0.25) is 19.9 Å². The van der Waals surface area contributed by atoms with Gasteiger partial charge in [-0.05, 0) is 73.6 Å². The lowest BCUT2D eigenvalue weighted by Crippen LogP contribution is -2.35. The molecule has 1 atom stereocenters. The first kappa shape index (κ1) is 35.1. The third-order valence-electron chi connectivity index (χ3n) is 7.89. The predicted octanol–water partition coefficient (Wildman–Crippen LogP) is 8.41. The van der Waals surface area contributed by atoms with Gasteiger partial charge in [-0.25, -0.2) is 0 Å². The number of nitro groups is 1. The molecule has 252 valence electrons. The van der Waals surface area contributed by atoms with Gasteiger partial charge in [0.25, 0.3) is 5.91 Å². The van der Waals surface area contributed by atoms with Gasteiger partial charge in [0.2, 0.25) is 5.75 Å². The number of carbonyl (C=O) groups is 1. The number of methoxy groups -OCH3 is 2. The summed E-state index contributed by atoms with van der Waals surface area (Å²) in [4.78, 5) is 30.0. The van der Waals surface area contributed by atoms with Crippen LogP contribution in [0, 0.1) is 15.5 Å².